The van der Waals surface area contributed by atoms with E-state index in [0.29, 0.717) is 0 Å². The first-order valence-electron chi connectivity index (χ1n) is 12.1. The van der Waals surface area contributed by atoms with Gasteiger partial charge in [0.15, 0.2) is 0 Å². The van der Waals surface area contributed by atoms with Crippen molar-refractivity contribution >= 4 is 14.4 Å². The third-order valence-electron chi connectivity index (χ3n) is 8.11. The third-order valence-corrected chi connectivity index (χ3v) is 17.2. The van der Waals surface area contributed by atoms with Gasteiger partial charge in [-0.15, -0.1) is 0 Å². The molecule has 0 fully saturated rings. The van der Waals surface area contributed by atoms with Gasteiger partial charge >= 0.3 is 190 Å². The summed E-state index contributed by atoms with van der Waals surface area (Å²) in [6, 6.07) is 19.0. The summed E-state index contributed by atoms with van der Waals surface area (Å²) in [4.78, 5) is 0. The van der Waals surface area contributed by atoms with E-state index in [1.807, 2.05) is 14.4 Å². The molecule has 4 aliphatic carbocycles. The molecular formula is C29H32Cl2Zr. The first-order chi connectivity index (χ1) is 14.8. The Bertz CT molecular complexity index is 1050. The fourth-order valence-electron chi connectivity index (χ4n) is 6.99. The Morgan fingerprint density at radius 3 is 1.47 bits per heavy atom. The summed E-state index contributed by atoms with van der Waals surface area (Å²) in [5.41, 5.74) is 13.9. The molecule has 0 saturated heterocycles. The van der Waals surface area contributed by atoms with Crippen molar-refractivity contribution < 1.29 is 46.1 Å². The van der Waals surface area contributed by atoms with Crippen LogP contribution >= 0.6 is 0 Å². The van der Waals surface area contributed by atoms with Crippen molar-refractivity contribution in [2.45, 2.75) is 72.5 Å². The van der Waals surface area contributed by atoms with Crippen LogP contribution < -0.4 is 24.8 Å². The Hall–Kier alpha value is -0.747. The van der Waals surface area contributed by atoms with Crippen LogP contribution in [0.2, 0.25) is 0 Å². The normalized spacial score (nSPS) is 22.5. The maximum Gasteiger partial charge on any atom is -1.00 e. The van der Waals surface area contributed by atoms with Gasteiger partial charge in [-0.3, -0.25) is 0 Å². The number of rotatable bonds is 2. The molecule has 0 radical (unpaired) electrons. The molecule has 0 heterocycles. The minimum Gasteiger partial charge on any atom is -1.00 e. The minimum atomic E-state index is -2.05. The van der Waals surface area contributed by atoms with Crippen LogP contribution in [0.1, 0.15) is 94.7 Å². The molecule has 0 saturated carbocycles. The van der Waals surface area contributed by atoms with Crippen LogP contribution in [0.4, 0.5) is 0 Å². The van der Waals surface area contributed by atoms with E-state index < -0.39 is 21.3 Å². The topological polar surface area (TPSA) is 0 Å². The molecule has 0 spiro atoms. The van der Waals surface area contributed by atoms with Crippen molar-refractivity contribution in [3.8, 4) is 0 Å². The molecule has 32 heavy (non-hydrogen) atoms. The minimum absolute atomic E-state index is 0. The molecule has 0 amide bonds. The van der Waals surface area contributed by atoms with Crippen molar-refractivity contribution in [1.29, 1.82) is 0 Å². The van der Waals surface area contributed by atoms with Gasteiger partial charge in [-0.2, -0.15) is 0 Å². The van der Waals surface area contributed by atoms with Gasteiger partial charge in [0.05, 0.1) is 0 Å². The van der Waals surface area contributed by atoms with Crippen LogP contribution in [0.15, 0.2) is 59.7 Å². The monoisotopic (exact) mass is 540 g/mol. The maximum atomic E-state index is 2.50. The average molecular weight is 543 g/mol. The number of hydrogen-bond donors (Lipinski definition) is 0. The van der Waals surface area contributed by atoms with Gasteiger partial charge in [-0.1, -0.05) is 0 Å². The van der Waals surface area contributed by atoms with Crippen LogP contribution in [0.25, 0.3) is 11.1 Å². The molecule has 4 aliphatic rings. The summed E-state index contributed by atoms with van der Waals surface area (Å²) in [6.45, 7) is 5.01. The van der Waals surface area contributed by atoms with Gasteiger partial charge in [-0.05, 0) is 0 Å². The van der Waals surface area contributed by atoms with Crippen LogP contribution in [-0.2, 0) is 21.3 Å². The molecule has 2 atom stereocenters. The fraction of sp³-hybridized carbons (Fsp3) is 0.414. The van der Waals surface area contributed by atoms with Crippen LogP contribution in [0.3, 0.4) is 0 Å². The summed E-state index contributed by atoms with van der Waals surface area (Å²) in [5, 5.41) is 0. The van der Waals surface area contributed by atoms with Crippen LogP contribution in [-0.4, -0.2) is 3.21 Å². The molecule has 166 valence electrons. The number of allylic oxidation sites excluding steroid dienone is 4. The Balaban J connectivity index is 0.00000122. The molecule has 0 aliphatic heterocycles. The van der Waals surface area contributed by atoms with E-state index in [2.05, 4.69) is 62.4 Å². The van der Waals surface area contributed by atoms with Gasteiger partial charge < -0.3 is 24.8 Å². The van der Waals surface area contributed by atoms with E-state index >= 15 is 0 Å². The van der Waals surface area contributed by atoms with Gasteiger partial charge in [0.1, 0.15) is 0 Å². The van der Waals surface area contributed by atoms with E-state index in [4.69, 9.17) is 0 Å². The molecule has 2 unspecified atom stereocenters. The van der Waals surface area contributed by atoms with Crippen LogP contribution in [0, 0.1) is 0 Å². The molecule has 0 nitrogen and oxygen atoms in total. The Morgan fingerprint density at radius 2 is 1.03 bits per heavy atom. The smallest absolute Gasteiger partial charge is 1.00 e. The summed E-state index contributed by atoms with van der Waals surface area (Å²) in [7, 11) is 0. The maximum absolute atomic E-state index is 2.50. The number of benzene rings is 2. The molecule has 3 heteroatoms. The first kappa shape index (κ1) is 24.4. The SMILES string of the molecule is C[C](C)=[Zr+2]([CH]1C2=C(CCCC2)c2ccccc21)[CH]1C2=C(CCCC2)c2ccccc21.[Cl-].[Cl-]. The zero-order valence-corrected chi connectivity index (χ0v) is 23.2. The van der Waals surface area contributed by atoms with Gasteiger partial charge in [0, 0.05) is 0 Å². The Kier molecular flexibility index (Phi) is 7.51. The molecule has 0 bridgehead atoms. The van der Waals surface area contributed by atoms with Crippen molar-refractivity contribution in [3.63, 3.8) is 0 Å². The Labute approximate surface area is 213 Å². The molecule has 0 aromatic heterocycles. The quantitative estimate of drug-likeness (QED) is 0.545. The molecule has 6 rings (SSSR count). The molecular weight excluding hydrogens is 510 g/mol. The van der Waals surface area contributed by atoms with E-state index in [0.717, 1.165) is 7.25 Å². The van der Waals surface area contributed by atoms with Crippen LogP contribution in [0.5, 0.6) is 0 Å². The second kappa shape index (κ2) is 9.86. The van der Waals surface area contributed by atoms with Crippen molar-refractivity contribution in [2.75, 3.05) is 0 Å². The van der Waals surface area contributed by atoms with E-state index in [-0.39, 0.29) is 24.8 Å². The summed E-state index contributed by atoms with van der Waals surface area (Å²) < 4.78 is 3.36. The van der Waals surface area contributed by atoms with E-state index in [1.54, 1.807) is 33.4 Å². The first-order valence-corrected chi connectivity index (χ1v) is 16.1. The summed E-state index contributed by atoms with van der Waals surface area (Å²) >= 11 is -2.05. The zero-order chi connectivity index (χ0) is 20.2. The zero-order valence-electron chi connectivity index (χ0n) is 19.2. The van der Waals surface area contributed by atoms with Crippen molar-refractivity contribution in [1.82, 2.24) is 0 Å². The summed E-state index contributed by atoms with van der Waals surface area (Å²) in [6.07, 6.45) is 10.9. The predicted octanol–water partition coefficient (Wildman–Crippen LogP) is 1.99. The number of hydrogen-bond acceptors (Lipinski definition) is 0. The van der Waals surface area contributed by atoms with E-state index in [9.17, 15) is 0 Å². The van der Waals surface area contributed by atoms with Gasteiger partial charge in [-0.25, -0.2) is 0 Å². The molecule has 2 aromatic carbocycles. The number of fused-ring (bicyclic) bond motifs is 4. The Morgan fingerprint density at radius 1 is 0.625 bits per heavy atom. The predicted molar refractivity (Wildman–Crippen MR) is 125 cm³/mol. The summed E-state index contributed by atoms with van der Waals surface area (Å²) in [5.74, 6) is 0. The second-order valence-electron chi connectivity index (χ2n) is 9.92. The van der Waals surface area contributed by atoms with Gasteiger partial charge in [0.25, 0.3) is 0 Å². The number of halogens is 2. The molecule has 0 N–H and O–H groups in total. The second-order valence-corrected chi connectivity index (χ2v) is 17.5. The average Bonchev–Trinajstić information content (AvgIpc) is 3.29. The third kappa shape index (κ3) is 3.72. The van der Waals surface area contributed by atoms with Gasteiger partial charge in [0.2, 0.25) is 0 Å². The largest absolute Gasteiger partial charge is 1.00 e. The van der Waals surface area contributed by atoms with E-state index in [1.165, 1.54) is 51.4 Å². The standard InChI is InChI=1S/2C13H13.C3H6.2ClH.Zr/c2*1-3-7-12-10(5-1)9-11-6-2-4-8-13(11)12;1-3-2;;;/h2*1,3,5,7,9H,2,4,6,8H2;1-2H3;2*1H;/q;;;;;+2/p-2. The fourth-order valence-corrected chi connectivity index (χ4v) is 16.9. The van der Waals surface area contributed by atoms with Crippen molar-refractivity contribution in [3.05, 3.63) is 81.9 Å². The molecule has 2 aromatic rings. The van der Waals surface area contributed by atoms with Crippen molar-refractivity contribution in [2.24, 2.45) is 0 Å².